The lowest BCUT2D eigenvalue weighted by molar-refractivity contribution is -0.149. The van der Waals surface area contributed by atoms with E-state index in [2.05, 4.69) is 0 Å². The van der Waals surface area contributed by atoms with Crippen molar-refractivity contribution in [2.24, 2.45) is 5.92 Å². The third-order valence-electron chi connectivity index (χ3n) is 2.05. The molecule has 72 valence electrons. The van der Waals surface area contributed by atoms with Gasteiger partial charge in [0.05, 0.1) is 5.92 Å². The minimum absolute atomic E-state index is 0.141. The first-order valence-corrected chi connectivity index (χ1v) is 4.16. The van der Waals surface area contributed by atoms with E-state index < -0.39 is 17.9 Å². The molecule has 13 heavy (non-hydrogen) atoms. The zero-order chi connectivity index (χ0) is 10.0. The van der Waals surface area contributed by atoms with Gasteiger partial charge in [0.1, 0.15) is 6.10 Å². The van der Waals surface area contributed by atoms with Crippen molar-refractivity contribution in [3.05, 3.63) is 11.6 Å². The quantitative estimate of drug-likeness (QED) is 0.649. The van der Waals surface area contributed by atoms with Crippen molar-refractivity contribution in [3.8, 4) is 0 Å². The fraction of sp³-hybridized carbons (Fsp3) is 0.556. The van der Waals surface area contributed by atoms with Gasteiger partial charge in [-0.2, -0.15) is 0 Å². The van der Waals surface area contributed by atoms with Crippen LogP contribution in [0.4, 0.5) is 0 Å². The molecule has 0 aromatic rings. The largest absolute Gasteiger partial charge is 0.481 e. The van der Waals surface area contributed by atoms with E-state index in [9.17, 15) is 9.59 Å². The van der Waals surface area contributed by atoms with Crippen molar-refractivity contribution >= 4 is 11.9 Å². The Kier molecular flexibility index (Phi) is 2.70. The number of rotatable bonds is 2. The SMILES string of the molecule is CC1CC=C(C(C)C(=O)O)C(=O)O1. The summed E-state index contributed by atoms with van der Waals surface area (Å²) in [6.45, 7) is 3.25. The molecule has 1 aliphatic rings. The Morgan fingerprint density at radius 1 is 1.77 bits per heavy atom. The maximum Gasteiger partial charge on any atom is 0.334 e. The third-order valence-corrected chi connectivity index (χ3v) is 2.05. The highest BCUT2D eigenvalue weighted by Crippen LogP contribution is 2.20. The highest BCUT2D eigenvalue weighted by atomic mass is 16.5. The normalized spacial score (nSPS) is 24.6. The first kappa shape index (κ1) is 9.77. The molecule has 1 rings (SSSR count). The summed E-state index contributed by atoms with van der Waals surface area (Å²) < 4.78 is 4.90. The van der Waals surface area contributed by atoms with Crippen LogP contribution in [-0.4, -0.2) is 23.1 Å². The van der Waals surface area contributed by atoms with Crippen LogP contribution in [0.25, 0.3) is 0 Å². The van der Waals surface area contributed by atoms with E-state index in [-0.39, 0.29) is 11.7 Å². The topological polar surface area (TPSA) is 63.6 Å². The average Bonchev–Trinajstić information content (AvgIpc) is 2.03. The van der Waals surface area contributed by atoms with Crippen molar-refractivity contribution in [2.45, 2.75) is 26.4 Å². The van der Waals surface area contributed by atoms with Crippen molar-refractivity contribution < 1.29 is 19.4 Å². The van der Waals surface area contributed by atoms with Gasteiger partial charge in [0, 0.05) is 12.0 Å². The van der Waals surface area contributed by atoms with Crippen molar-refractivity contribution in [1.82, 2.24) is 0 Å². The second-order valence-electron chi connectivity index (χ2n) is 3.17. The van der Waals surface area contributed by atoms with Crippen molar-refractivity contribution in [2.75, 3.05) is 0 Å². The molecule has 0 aliphatic carbocycles. The number of ether oxygens (including phenoxy) is 1. The van der Waals surface area contributed by atoms with E-state index in [0.29, 0.717) is 6.42 Å². The van der Waals surface area contributed by atoms with Gasteiger partial charge in [-0.05, 0) is 13.8 Å². The summed E-state index contributed by atoms with van der Waals surface area (Å²) in [5.41, 5.74) is 0.255. The molecule has 1 heterocycles. The molecule has 4 heteroatoms. The Morgan fingerprint density at radius 3 is 2.85 bits per heavy atom. The maximum atomic E-state index is 11.2. The minimum Gasteiger partial charge on any atom is -0.481 e. The first-order valence-electron chi connectivity index (χ1n) is 4.16. The van der Waals surface area contributed by atoms with Crippen LogP contribution >= 0.6 is 0 Å². The molecule has 2 atom stereocenters. The van der Waals surface area contributed by atoms with Gasteiger partial charge in [0.2, 0.25) is 0 Å². The summed E-state index contributed by atoms with van der Waals surface area (Å²) in [7, 11) is 0. The number of carbonyl (C=O) groups is 2. The van der Waals surface area contributed by atoms with Crippen molar-refractivity contribution in [1.29, 1.82) is 0 Å². The molecule has 1 aliphatic heterocycles. The van der Waals surface area contributed by atoms with E-state index in [1.165, 1.54) is 6.92 Å². The van der Waals surface area contributed by atoms with Crippen molar-refractivity contribution in [3.63, 3.8) is 0 Å². The zero-order valence-electron chi connectivity index (χ0n) is 7.61. The van der Waals surface area contributed by atoms with E-state index in [1.54, 1.807) is 13.0 Å². The molecule has 0 saturated heterocycles. The predicted octanol–water partition coefficient (Wildman–Crippen LogP) is 0.969. The number of carbonyl (C=O) groups excluding carboxylic acids is 1. The maximum absolute atomic E-state index is 11.2. The van der Waals surface area contributed by atoms with E-state index in [4.69, 9.17) is 9.84 Å². The van der Waals surface area contributed by atoms with Crippen LogP contribution in [0.3, 0.4) is 0 Å². The highest BCUT2D eigenvalue weighted by Gasteiger charge is 2.28. The van der Waals surface area contributed by atoms with Gasteiger partial charge in [-0.1, -0.05) is 6.08 Å². The summed E-state index contributed by atoms with van der Waals surface area (Å²) in [5.74, 6) is -2.29. The molecule has 0 amide bonds. The molecule has 0 saturated carbocycles. The lowest BCUT2D eigenvalue weighted by Crippen LogP contribution is -2.27. The van der Waals surface area contributed by atoms with E-state index in [1.807, 2.05) is 0 Å². The average molecular weight is 184 g/mol. The van der Waals surface area contributed by atoms with Crippen LogP contribution in [-0.2, 0) is 14.3 Å². The molecule has 0 radical (unpaired) electrons. The van der Waals surface area contributed by atoms with E-state index in [0.717, 1.165) is 0 Å². The molecule has 0 aromatic carbocycles. The Bertz CT molecular complexity index is 267. The van der Waals surface area contributed by atoms with Crippen LogP contribution in [0.2, 0.25) is 0 Å². The number of hydrogen-bond donors (Lipinski definition) is 1. The van der Waals surface area contributed by atoms with Gasteiger partial charge in [0.25, 0.3) is 0 Å². The Morgan fingerprint density at radius 2 is 2.38 bits per heavy atom. The van der Waals surface area contributed by atoms with Crippen LogP contribution in [0.5, 0.6) is 0 Å². The predicted molar refractivity (Wildman–Crippen MR) is 45.1 cm³/mol. The number of aliphatic carboxylic acids is 1. The number of hydrogen-bond acceptors (Lipinski definition) is 3. The summed E-state index contributed by atoms with van der Waals surface area (Å²) in [5, 5.41) is 8.67. The molecule has 1 N–H and O–H groups in total. The second kappa shape index (κ2) is 3.60. The molecule has 0 spiro atoms. The number of esters is 1. The highest BCUT2D eigenvalue weighted by molar-refractivity contribution is 5.95. The summed E-state index contributed by atoms with van der Waals surface area (Å²) >= 11 is 0. The van der Waals surface area contributed by atoms with Crippen LogP contribution in [0, 0.1) is 5.92 Å². The molecular weight excluding hydrogens is 172 g/mol. The fourth-order valence-corrected chi connectivity index (χ4v) is 1.16. The number of carboxylic acids is 1. The summed E-state index contributed by atoms with van der Waals surface area (Å²) in [6, 6.07) is 0. The fourth-order valence-electron chi connectivity index (χ4n) is 1.16. The third kappa shape index (κ3) is 2.08. The number of cyclic esters (lactones) is 1. The van der Waals surface area contributed by atoms with E-state index >= 15 is 0 Å². The van der Waals surface area contributed by atoms with Crippen LogP contribution < -0.4 is 0 Å². The number of carboxylic acid groups (broad SMARTS) is 1. The molecule has 4 nitrogen and oxygen atoms in total. The van der Waals surface area contributed by atoms with Crippen LogP contribution in [0.1, 0.15) is 20.3 Å². The van der Waals surface area contributed by atoms with Gasteiger partial charge in [0.15, 0.2) is 0 Å². The van der Waals surface area contributed by atoms with Gasteiger partial charge in [-0.15, -0.1) is 0 Å². The Labute approximate surface area is 76.2 Å². The molecule has 0 bridgehead atoms. The van der Waals surface area contributed by atoms with Gasteiger partial charge in [-0.25, -0.2) is 4.79 Å². The smallest absolute Gasteiger partial charge is 0.334 e. The monoisotopic (exact) mass is 184 g/mol. The van der Waals surface area contributed by atoms with Crippen LogP contribution in [0.15, 0.2) is 11.6 Å². The molecule has 0 aromatic heterocycles. The standard InChI is InChI=1S/C9H12O4/c1-5-3-4-7(9(12)13-5)6(2)8(10)11/h4-6H,3H2,1-2H3,(H,10,11). The van der Waals surface area contributed by atoms with Gasteiger partial charge in [-0.3, -0.25) is 4.79 Å². The molecule has 0 fully saturated rings. The first-order chi connectivity index (χ1) is 6.02. The second-order valence-corrected chi connectivity index (χ2v) is 3.17. The lowest BCUT2D eigenvalue weighted by atomic mass is 9.98. The van der Waals surface area contributed by atoms with Gasteiger partial charge < -0.3 is 9.84 Å². The summed E-state index contributed by atoms with van der Waals surface area (Å²) in [4.78, 5) is 21.8. The van der Waals surface area contributed by atoms with Gasteiger partial charge >= 0.3 is 11.9 Å². The summed E-state index contributed by atoms with van der Waals surface area (Å²) in [6.07, 6.45) is 2.10. The zero-order valence-corrected chi connectivity index (χ0v) is 7.61. The Hall–Kier alpha value is -1.32. The molecule has 2 unspecified atom stereocenters. The Balaban J connectivity index is 2.80. The molecular formula is C9H12O4. The lowest BCUT2D eigenvalue weighted by Gasteiger charge is -2.20. The minimum atomic E-state index is -1.00.